The number of carbonyl (C=O) groups is 4. The lowest BCUT2D eigenvalue weighted by Crippen LogP contribution is -2.39. The molecule has 0 aromatic heterocycles. The summed E-state index contributed by atoms with van der Waals surface area (Å²) in [5.74, 6) is -3.09. The lowest BCUT2D eigenvalue weighted by atomic mass is 9.94. The van der Waals surface area contributed by atoms with Gasteiger partial charge < -0.3 is 15.2 Å². The Labute approximate surface area is 206 Å². The van der Waals surface area contributed by atoms with Crippen molar-refractivity contribution in [2.75, 3.05) is 6.61 Å². The summed E-state index contributed by atoms with van der Waals surface area (Å²) in [6.45, 7) is 5.28. The number of carboxylic acids is 1. The molecule has 0 unspecified atom stereocenters. The fourth-order valence-corrected chi connectivity index (χ4v) is 3.83. The van der Waals surface area contributed by atoms with Gasteiger partial charge in [-0.25, -0.2) is 0 Å². The quantitative estimate of drug-likeness (QED) is 0.386. The number of ether oxygens (including phenoxy) is 1. The number of hydrogen-bond acceptors (Lipinski definition) is 5. The van der Waals surface area contributed by atoms with Gasteiger partial charge in [0.25, 0.3) is 0 Å². The predicted molar refractivity (Wildman–Crippen MR) is 134 cm³/mol. The van der Waals surface area contributed by atoms with Gasteiger partial charge in [-0.3, -0.25) is 19.2 Å². The summed E-state index contributed by atoms with van der Waals surface area (Å²) in [4.78, 5) is 47.7. The van der Waals surface area contributed by atoms with Gasteiger partial charge in [0.05, 0.1) is 18.4 Å². The Balaban J connectivity index is 2.03. The van der Waals surface area contributed by atoms with E-state index < -0.39 is 17.8 Å². The van der Waals surface area contributed by atoms with Gasteiger partial charge in [0.15, 0.2) is 0 Å². The van der Waals surface area contributed by atoms with E-state index in [2.05, 4.69) is 5.32 Å². The highest BCUT2D eigenvalue weighted by atomic mass is 16.5. The largest absolute Gasteiger partial charge is 0.481 e. The summed E-state index contributed by atoms with van der Waals surface area (Å²) in [7, 11) is 0. The fourth-order valence-electron chi connectivity index (χ4n) is 3.83. The van der Waals surface area contributed by atoms with Crippen LogP contribution < -0.4 is 5.32 Å². The van der Waals surface area contributed by atoms with Gasteiger partial charge >= 0.3 is 11.9 Å². The molecule has 0 saturated carbocycles. The molecule has 2 aromatic rings. The highest BCUT2D eigenvalue weighted by Gasteiger charge is 2.23. The molecular weight excluding hydrogens is 446 g/mol. The Morgan fingerprint density at radius 2 is 1.51 bits per heavy atom. The molecule has 0 radical (unpaired) electrons. The minimum absolute atomic E-state index is 0.0185. The number of aliphatic carboxylic acids is 1. The summed E-state index contributed by atoms with van der Waals surface area (Å²) in [6.07, 6.45) is 0.779. The van der Waals surface area contributed by atoms with Crippen molar-refractivity contribution in [1.29, 1.82) is 0 Å². The molecule has 0 aliphatic heterocycles. The number of hydrogen-bond donors (Lipinski definition) is 2. The van der Waals surface area contributed by atoms with Crippen LogP contribution in [0.4, 0.5) is 0 Å². The van der Waals surface area contributed by atoms with Crippen LogP contribution >= 0.6 is 0 Å². The number of Topliss-reactive ketones (excluding diaryl/α,β-unsaturated/α-hetero) is 1. The van der Waals surface area contributed by atoms with Gasteiger partial charge in [-0.1, -0.05) is 68.4 Å². The molecular formula is C28H35NO6. The average Bonchev–Trinajstić information content (AvgIpc) is 2.83. The van der Waals surface area contributed by atoms with Gasteiger partial charge in [-0.2, -0.15) is 0 Å². The first-order chi connectivity index (χ1) is 16.7. The number of amides is 1. The summed E-state index contributed by atoms with van der Waals surface area (Å²) in [5.41, 5.74) is 3.21. The summed E-state index contributed by atoms with van der Waals surface area (Å²) >= 11 is 0. The Kier molecular flexibility index (Phi) is 11.1. The smallest absolute Gasteiger partial charge is 0.308 e. The Bertz CT molecular complexity index is 986. The summed E-state index contributed by atoms with van der Waals surface area (Å²) in [5, 5.41) is 11.9. The highest BCUT2D eigenvalue weighted by molar-refractivity contribution is 5.87. The normalized spacial score (nSPS) is 13.3. The van der Waals surface area contributed by atoms with Crippen molar-refractivity contribution in [1.82, 2.24) is 5.32 Å². The molecule has 0 fully saturated rings. The number of carbonyl (C=O) groups excluding carboxylic acids is 3. The molecule has 0 spiro atoms. The number of ketones is 1. The monoisotopic (exact) mass is 481 g/mol. The van der Waals surface area contributed by atoms with E-state index in [1.807, 2.05) is 54.6 Å². The topological polar surface area (TPSA) is 110 Å². The molecule has 2 N–H and O–H groups in total. The molecule has 0 bridgehead atoms. The van der Waals surface area contributed by atoms with E-state index in [4.69, 9.17) is 9.84 Å². The van der Waals surface area contributed by atoms with Crippen molar-refractivity contribution in [3.8, 4) is 11.1 Å². The number of rotatable bonds is 14. The predicted octanol–water partition coefficient (Wildman–Crippen LogP) is 4.43. The molecule has 0 saturated heterocycles. The maximum absolute atomic E-state index is 12.6. The molecule has 7 nitrogen and oxygen atoms in total. The van der Waals surface area contributed by atoms with E-state index in [1.54, 1.807) is 13.8 Å². The van der Waals surface area contributed by atoms with Gasteiger partial charge in [-0.15, -0.1) is 0 Å². The van der Waals surface area contributed by atoms with E-state index in [9.17, 15) is 19.2 Å². The third kappa shape index (κ3) is 9.73. The van der Waals surface area contributed by atoms with Crippen LogP contribution in [0.2, 0.25) is 0 Å². The Morgan fingerprint density at radius 1 is 0.886 bits per heavy atom. The number of carboxylic acid groups (broad SMARTS) is 1. The van der Waals surface area contributed by atoms with Crippen LogP contribution in [0.3, 0.4) is 0 Å². The van der Waals surface area contributed by atoms with E-state index >= 15 is 0 Å². The second kappa shape index (κ2) is 14.0. The molecule has 7 heteroatoms. The molecule has 2 aromatic carbocycles. The average molecular weight is 482 g/mol. The third-order valence-corrected chi connectivity index (χ3v) is 5.82. The summed E-state index contributed by atoms with van der Waals surface area (Å²) < 4.78 is 5.12. The first-order valence-corrected chi connectivity index (χ1v) is 12.0. The van der Waals surface area contributed by atoms with Crippen LogP contribution in [0.15, 0.2) is 54.6 Å². The van der Waals surface area contributed by atoms with Crippen molar-refractivity contribution in [3.63, 3.8) is 0 Å². The van der Waals surface area contributed by atoms with Crippen LogP contribution in [0.5, 0.6) is 0 Å². The number of nitrogens with one attached hydrogen (secondary N) is 1. The van der Waals surface area contributed by atoms with Crippen LogP contribution in [0, 0.1) is 11.8 Å². The van der Waals surface area contributed by atoms with Crippen LogP contribution in [-0.2, 0) is 30.3 Å². The lowest BCUT2D eigenvalue weighted by molar-refractivity contribution is -0.148. The first kappa shape index (κ1) is 27.8. The summed E-state index contributed by atoms with van der Waals surface area (Å²) in [6, 6.07) is 17.8. The minimum Gasteiger partial charge on any atom is -0.481 e. The maximum Gasteiger partial charge on any atom is 0.308 e. The van der Waals surface area contributed by atoms with Gasteiger partial charge in [0.2, 0.25) is 5.91 Å². The third-order valence-electron chi connectivity index (χ3n) is 5.82. The van der Waals surface area contributed by atoms with Gasteiger partial charge in [0.1, 0.15) is 5.78 Å². The number of esters is 1. The molecule has 188 valence electrons. The molecule has 0 aliphatic carbocycles. The fraction of sp³-hybridized carbons (Fsp3) is 0.429. The lowest BCUT2D eigenvalue weighted by Gasteiger charge is -2.22. The van der Waals surface area contributed by atoms with Crippen molar-refractivity contribution in [2.24, 2.45) is 11.8 Å². The van der Waals surface area contributed by atoms with Crippen molar-refractivity contribution in [2.45, 2.75) is 58.9 Å². The van der Waals surface area contributed by atoms with Crippen molar-refractivity contribution >= 4 is 23.6 Å². The zero-order valence-electron chi connectivity index (χ0n) is 20.7. The first-order valence-electron chi connectivity index (χ1n) is 12.0. The molecule has 1 amide bonds. The Morgan fingerprint density at radius 3 is 2.11 bits per heavy atom. The highest BCUT2D eigenvalue weighted by Crippen LogP contribution is 2.21. The Hall–Kier alpha value is -3.48. The van der Waals surface area contributed by atoms with E-state index in [-0.39, 0.29) is 49.6 Å². The second-order valence-corrected chi connectivity index (χ2v) is 8.90. The molecule has 3 atom stereocenters. The SMILES string of the molecule is CCOC(=O)[C@H](C)C[C@@H](Cc1ccc(-c2ccccc2)cc1)NC(=O)CCC(=O)C[C@@H](C)C(=O)O. The molecule has 0 heterocycles. The van der Waals surface area contributed by atoms with Gasteiger partial charge in [0, 0.05) is 25.3 Å². The van der Waals surface area contributed by atoms with Crippen LogP contribution in [0.1, 0.15) is 52.0 Å². The van der Waals surface area contributed by atoms with Crippen molar-refractivity contribution < 1.29 is 29.0 Å². The van der Waals surface area contributed by atoms with E-state index in [0.717, 1.165) is 16.7 Å². The zero-order chi connectivity index (χ0) is 25.8. The van der Waals surface area contributed by atoms with E-state index in [1.165, 1.54) is 6.92 Å². The van der Waals surface area contributed by atoms with Crippen LogP contribution in [-0.4, -0.2) is 41.4 Å². The minimum atomic E-state index is -1.03. The van der Waals surface area contributed by atoms with Crippen LogP contribution in [0.25, 0.3) is 11.1 Å². The molecule has 0 aliphatic rings. The second-order valence-electron chi connectivity index (χ2n) is 8.90. The molecule has 35 heavy (non-hydrogen) atoms. The maximum atomic E-state index is 12.6. The van der Waals surface area contributed by atoms with Crippen molar-refractivity contribution in [3.05, 3.63) is 60.2 Å². The standard InChI is InChI=1S/C28H35NO6/c1-4-35-28(34)20(3)16-24(29-26(31)15-14-25(30)17-19(2)27(32)33)18-21-10-12-23(13-11-21)22-8-6-5-7-9-22/h5-13,19-20,24H,4,14-18H2,1-3H3,(H,29,31)(H,32,33)/t19-,20-,24+/m1/s1. The number of benzene rings is 2. The van der Waals surface area contributed by atoms with Gasteiger partial charge in [-0.05, 0) is 36.5 Å². The zero-order valence-corrected chi connectivity index (χ0v) is 20.7. The van der Waals surface area contributed by atoms with E-state index in [0.29, 0.717) is 12.8 Å². The molecule has 2 rings (SSSR count).